The second-order valence-electron chi connectivity index (χ2n) is 11.6. The van der Waals surface area contributed by atoms with Crippen molar-refractivity contribution in [2.75, 3.05) is 6.54 Å². The van der Waals surface area contributed by atoms with Crippen LogP contribution in [0.25, 0.3) is 11.1 Å². The molecule has 2 heterocycles. The molecule has 3 aromatic rings. The van der Waals surface area contributed by atoms with Gasteiger partial charge in [0.05, 0.1) is 6.61 Å². The first-order valence-corrected chi connectivity index (χ1v) is 13.6. The Morgan fingerprint density at radius 2 is 1.87 bits per heavy atom. The molecule has 5 rings (SSSR count). The van der Waals surface area contributed by atoms with Gasteiger partial charge in [0.15, 0.2) is 0 Å². The quantitative estimate of drug-likeness (QED) is 0.444. The van der Waals surface area contributed by atoms with Crippen LogP contribution in [0.5, 0.6) is 0 Å². The molecule has 0 radical (unpaired) electrons. The third-order valence-corrected chi connectivity index (χ3v) is 7.64. The smallest absolute Gasteiger partial charge is 0.318 e. The number of nitrogens with zero attached hydrogens (tertiary/aromatic N) is 2. The molecule has 1 saturated carbocycles. The third kappa shape index (κ3) is 5.81. The van der Waals surface area contributed by atoms with Crippen LogP contribution in [-0.4, -0.2) is 38.9 Å². The number of hydrogen-bond donors (Lipinski definition) is 2. The first-order chi connectivity index (χ1) is 18.2. The Kier molecular flexibility index (Phi) is 7.35. The summed E-state index contributed by atoms with van der Waals surface area (Å²) in [5.41, 5.74) is 7.23. The SMILES string of the molecule is CC(C)(C)NC(=O)N1CCc2c(-c3cncc(CO)c3)ccc(CCC(=O)C3C[C@H]3c3ccccc3)c2C1. The molecule has 1 fully saturated rings. The maximum absolute atomic E-state index is 13.1. The van der Waals surface area contributed by atoms with Crippen molar-refractivity contribution >= 4 is 11.8 Å². The van der Waals surface area contributed by atoms with Gasteiger partial charge in [-0.15, -0.1) is 0 Å². The lowest BCUT2D eigenvalue weighted by Gasteiger charge is -2.34. The summed E-state index contributed by atoms with van der Waals surface area (Å²) in [6.07, 6.45) is 6.35. The number of aryl methyl sites for hydroxylation is 1. The number of urea groups is 1. The summed E-state index contributed by atoms with van der Waals surface area (Å²) in [6, 6.07) is 16.5. The monoisotopic (exact) mass is 511 g/mol. The van der Waals surface area contributed by atoms with Crippen molar-refractivity contribution in [1.29, 1.82) is 0 Å². The highest BCUT2D eigenvalue weighted by Crippen LogP contribution is 2.48. The second-order valence-corrected chi connectivity index (χ2v) is 11.6. The van der Waals surface area contributed by atoms with Crippen LogP contribution >= 0.6 is 0 Å². The van der Waals surface area contributed by atoms with E-state index in [0.29, 0.717) is 37.6 Å². The van der Waals surface area contributed by atoms with Gasteiger partial charge in [0.2, 0.25) is 0 Å². The second kappa shape index (κ2) is 10.7. The van der Waals surface area contributed by atoms with E-state index in [1.54, 1.807) is 6.20 Å². The standard InChI is InChI=1S/C32H37N3O3/c1-32(2,3)34-31(38)35-14-13-26-25(24-15-21(20-36)17-33-18-24)11-9-23(29(26)19-35)10-12-30(37)28-16-27(28)22-7-5-4-6-8-22/h4-9,11,15,17-18,27-28,36H,10,12-14,16,19-20H2,1-3H3,(H,34,38)/t27-,28?/m0/s1. The molecule has 6 heteroatoms. The van der Waals surface area contributed by atoms with Gasteiger partial charge in [-0.1, -0.05) is 42.5 Å². The van der Waals surface area contributed by atoms with Gasteiger partial charge in [0.25, 0.3) is 0 Å². The molecule has 1 unspecified atom stereocenters. The molecule has 198 valence electrons. The molecular formula is C32H37N3O3. The highest BCUT2D eigenvalue weighted by atomic mass is 16.3. The number of rotatable bonds is 7. The number of aliphatic hydroxyl groups excluding tert-OH is 1. The Balaban J connectivity index is 1.38. The Morgan fingerprint density at radius 1 is 1.08 bits per heavy atom. The molecular weight excluding hydrogens is 474 g/mol. The maximum Gasteiger partial charge on any atom is 0.318 e. The van der Waals surface area contributed by atoms with E-state index in [1.807, 2.05) is 56.1 Å². The molecule has 2 amide bonds. The molecule has 1 aromatic heterocycles. The highest BCUT2D eigenvalue weighted by molar-refractivity contribution is 5.85. The molecule has 38 heavy (non-hydrogen) atoms. The molecule has 0 bridgehead atoms. The van der Waals surface area contributed by atoms with Gasteiger partial charge in [-0.3, -0.25) is 9.78 Å². The highest BCUT2D eigenvalue weighted by Gasteiger charge is 2.43. The molecule has 2 aliphatic rings. The number of aliphatic hydroxyl groups is 1. The Bertz CT molecular complexity index is 1330. The van der Waals surface area contributed by atoms with Crippen LogP contribution in [0.15, 0.2) is 60.9 Å². The number of hydrogen-bond acceptors (Lipinski definition) is 4. The van der Waals surface area contributed by atoms with E-state index >= 15 is 0 Å². The number of amides is 2. The van der Waals surface area contributed by atoms with Gasteiger partial charge in [-0.25, -0.2) is 4.79 Å². The lowest BCUT2D eigenvalue weighted by molar-refractivity contribution is -0.120. The van der Waals surface area contributed by atoms with Crippen molar-refractivity contribution in [2.24, 2.45) is 5.92 Å². The average molecular weight is 512 g/mol. The average Bonchev–Trinajstić information content (AvgIpc) is 3.72. The summed E-state index contributed by atoms with van der Waals surface area (Å²) >= 11 is 0. The van der Waals surface area contributed by atoms with E-state index in [4.69, 9.17) is 0 Å². The Morgan fingerprint density at radius 3 is 2.61 bits per heavy atom. The summed E-state index contributed by atoms with van der Waals surface area (Å²) in [7, 11) is 0. The van der Waals surface area contributed by atoms with Crippen LogP contribution in [0.3, 0.4) is 0 Å². The molecule has 1 aliphatic carbocycles. The van der Waals surface area contributed by atoms with Crippen LogP contribution in [-0.2, 0) is 30.8 Å². The molecule has 2 atom stereocenters. The van der Waals surface area contributed by atoms with Gasteiger partial charge in [0, 0.05) is 48.9 Å². The number of carbonyl (C=O) groups is 2. The minimum atomic E-state index is -0.315. The van der Waals surface area contributed by atoms with Gasteiger partial charge in [-0.2, -0.15) is 0 Å². The van der Waals surface area contributed by atoms with Crippen LogP contribution in [0.1, 0.15) is 67.3 Å². The van der Waals surface area contributed by atoms with E-state index < -0.39 is 0 Å². The number of Topliss-reactive ketones (excluding diaryl/α,β-unsaturated/α-hetero) is 1. The summed E-state index contributed by atoms with van der Waals surface area (Å²) in [6.45, 7) is 7.03. The van der Waals surface area contributed by atoms with Crippen molar-refractivity contribution in [3.63, 3.8) is 0 Å². The lowest BCUT2D eigenvalue weighted by Crippen LogP contribution is -2.50. The zero-order valence-electron chi connectivity index (χ0n) is 22.5. The number of benzene rings is 2. The Hall–Kier alpha value is -3.51. The van der Waals surface area contributed by atoms with E-state index in [2.05, 4.69) is 34.6 Å². The number of pyridine rings is 1. The number of nitrogens with one attached hydrogen (secondary N) is 1. The summed E-state index contributed by atoms with van der Waals surface area (Å²) in [5, 5.41) is 12.7. The summed E-state index contributed by atoms with van der Waals surface area (Å²) in [4.78, 5) is 32.3. The predicted octanol–water partition coefficient (Wildman–Crippen LogP) is 5.41. The van der Waals surface area contributed by atoms with E-state index in [-0.39, 0.29) is 24.1 Å². The van der Waals surface area contributed by atoms with Crippen molar-refractivity contribution in [3.8, 4) is 11.1 Å². The normalized spacial score (nSPS) is 18.6. The van der Waals surface area contributed by atoms with Gasteiger partial charge < -0.3 is 15.3 Å². The zero-order chi connectivity index (χ0) is 26.9. The van der Waals surface area contributed by atoms with Gasteiger partial charge in [-0.05, 0) is 85.4 Å². The number of ketones is 1. The fraction of sp³-hybridized carbons (Fsp3) is 0.406. The van der Waals surface area contributed by atoms with Crippen LogP contribution in [0.2, 0.25) is 0 Å². The van der Waals surface area contributed by atoms with Crippen LogP contribution in [0, 0.1) is 5.92 Å². The van der Waals surface area contributed by atoms with Crippen LogP contribution in [0.4, 0.5) is 4.79 Å². The fourth-order valence-electron chi connectivity index (χ4n) is 5.60. The molecule has 1 aliphatic heterocycles. The maximum atomic E-state index is 13.1. The third-order valence-electron chi connectivity index (χ3n) is 7.64. The van der Waals surface area contributed by atoms with Gasteiger partial charge >= 0.3 is 6.03 Å². The Labute approximate surface area is 225 Å². The number of fused-ring (bicyclic) bond motifs is 1. The molecule has 0 spiro atoms. The minimum absolute atomic E-state index is 0.0604. The zero-order valence-corrected chi connectivity index (χ0v) is 22.5. The molecule has 2 N–H and O–H groups in total. The van der Waals surface area contributed by atoms with Crippen molar-refractivity contribution < 1.29 is 14.7 Å². The topological polar surface area (TPSA) is 82.5 Å². The van der Waals surface area contributed by atoms with E-state index in [1.165, 1.54) is 11.1 Å². The van der Waals surface area contributed by atoms with E-state index in [9.17, 15) is 14.7 Å². The number of aromatic nitrogens is 1. The predicted molar refractivity (Wildman–Crippen MR) is 149 cm³/mol. The first kappa shape index (κ1) is 26.1. The fourth-order valence-corrected chi connectivity index (χ4v) is 5.60. The van der Waals surface area contributed by atoms with Crippen molar-refractivity contribution in [3.05, 3.63) is 88.7 Å². The summed E-state index contributed by atoms with van der Waals surface area (Å²) < 4.78 is 0. The van der Waals surface area contributed by atoms with Crippen LogP contribution < -0.4 is 5.32 Å². The number of carbonyl (C=O) groups excluding carboxylic acids is 2. The largest absolute Gasteiger partial charge is 0.392 e. The summed E-state index contributed by atoms with van der Waals surface area (Å²) in [5.74, 6) is 0.798. The van der Waals surface area contributed by atoms with Crippen molar-refractivity contribution in [1.82, 2.24) is 15.2 Å². The van der Waals surface area contributed by atoms with Crippen molar-refractivity contribution in [2.45, 2.75) is 71.1 Å². The lowest BCUT2D eigenvalue weighted by atomic mass is 9.86. The minimum Gasteiger partial charge on any atom is -0.392 e. The molecule has 6 nitrogen and oxygen atoms in total. The molecule has 0 saturated heterocycles. The van der Waals surface area contributed by atoms with E-state index in [0.717, 1.165) is 40.7 Å². The first-order valence-electron chi connectivity index (χ1n) is 13.6. The molecule has 2 aromatic carbocycles. The van der Waals surface area contributed by atoms with Gasteiger partial charge in [0.1, 0.15) is 5.78 Å².